The summed E-state index contributed by atoms with van der Waals surface area (Å²) in [6.45, 7) is 6.47. The number of aliphatic hydroxyl groups excluding tert-OH is 1. The number of rotatable bonds is 3. The number of aliphatic hydroxyl groups is 2. The third kappa shape index (κ3) is 2.80. The van der Waals surface area contributed by atoms with E-state index in [0.717, 1.165) is 12.7 Å². The molecule has 134 valence electrons. The first-order valence-corrected chi connectivity index (χ1v) is 7.66. The number of benzene rings is 1. The summed E-state index contributed by atoms with van der Waals surface area (Å²) in [5.41, 5.74) is -3.44. The number of Topliss-reactive ketones (excluding diaryl/α,β-unsaturated/α-hetero) is 1. The van der Waals surface area contributed by atoms with E-state index in [9.17, 15) is 24.6 Å². The molecule has 0 bridgehead atoms. The fourth-order valence-corrected chi connectivity index (χ4v) is 2.61. The van der Waals surface area contributed by atoms with E-state index in [4.69, 9.17) is 0 Å². The van der Waals surface area contributed by atoms with Gasteiger partial charge >= 0.3 is 5.97 Å². The minimum atomic E-state index is -2.74. The molecule has 7 heteroatoms. The number of ether oxygens (including phenoxy) is 1. The summed E-state index contributed by atoms with van der Waals surface area (Å²) >= 11 is 0. The lowest BCUT2D eigenvalue weighted by Crippen LogP contribution is -2.57. The van der Waals surface area contributed by atoms with Crippen LogP contribution in [0.1, 0.15) is 26.3 Å². The number of nitrogens with zero attached hydrogens (tertiary/aromatic N) is 1. The lowest BCUT2D eigenvalue weighted by Gasteiger charge is -2.33. The highest BCUT2D eigenvalue weighted by molar-refractivity contribution is 6.23. The number of ketones is 1. The number of esters is 1. The smallest absolute Gasteiger partial charge is 0.365 e. The quantitative estimate of drug-likeness (QED) is 0.806. The molecular weight excluding hydrogens is 326 g/mol. The average molecular weight is 347 g/mol. The van der Waals surface area contributed by atoms with Gasteiger partial charge in [0, 0.05) is 11.1 Å². The van der Waals surface area contributed by atoms with E-state index in [1.54, 1.807) is 32.9 Å². The minimum absolute atomic E-state index is 0.145. The van der Waals surface area contributed by atoms with Crippen LogP contribution in [-0.4, -0.2) is 40.7 Å². The number of amides is 1. The average Bonchev–Trinajstić information content (AvgIpc) is 2.74. The summed E-state index contributed by atoms with van der Waals surface area (Å²) in [7, 11) is 1.02. The Labute approximate surface area is 145 Å². The van der Waals surface area contributed by atoms with Gasteiger partial charge < -0.3 is 14.9 Å². The Kier molecular flexibility index (Phi) is 4.48. The van der Waals surface area contributed by atoms with Gasteiger partial charge in [0.05, 0.1) is 7.11 Å². The molecule has 0 aliphatic carbocycles. The van der Waals surface area contributed by atoms with E-state index in [1.165, 1.54) is 12.1 Å². The molecule has 0 saturated heterocycles. The summed E-state index contributed by atoms with van der Waals surface area (Å²) in [5, 5.41) is 21.3. The zero-order valence-electron chi connectivity index (χ0n) is 14.8. The number of hydrogen-bond donors (Lipinski definition) is 2. The van der Waals surface area contributed by atoms with Crippen molar-refractivity contribution in [2.75, 3.05) is 12.0 Å². The highest BCUT2D eigenvalue weighted by Gasteiger charge is 2.61. The van der Waals surface area contributed by atoms with Crippen LogP contribution in [0, 0.1) is 12.3 Å². The first kappa shape index (κ1) is 18.7. The van der Waals surface area contributed by atoms with Gasteiger partial charge in [0.25, 0.3) is 11.6 Å². The van der Waals surface area contributed by atoms with Crippen LogP contribution in [0.2, 0.25) is 0 Å². The number of carbonyl (C=O) groups excluding carboxylic acids is 3. The molecule has 0 radical (unpaired) electrons. The van der Waals surface area contributed by atoms with Gasteiger partial charge in [0.15, 0.2) is 11.5 Å². The number of hydrogen-bond acceptors (Lipinski definition) is 6. The molecule has 0 fully saturated rings. The number of anilines is 1. The molecular formula is C18H21NO6. The molecule has 2 rings (SSSR count). The lowest BCUT2D eigenvalue weighted by atomic mass is 9.82. The van der Waals surface area contributed by atoms with Crippen molar-refractivity contribution in [3.63, 3.8) is 0 Å². The molecule has 1 aliphatic heterocycles. The maximum Gasteiger partial charge on any atom is 0.365 e. The second-order valence-corrected chi connectivity index (χ2v) is 6.94. The fourth-order valence-electron chi connectivity index (χ4n) is 2.61. The van der Waals surface area contributed by atoms with Crippen molar-refractivity contribution in [1.29, 1.82) is 0 Å². The minimum Gasteiger partial charge on any atom is -0.503 e. The standard InChI is InChI=1S/C18H21NO6/c1-10-6-8-11(9-7-10)19-15(22)13(20)12(14(21)17(2,3)4)18(19,24)16(23)25-5/h6-9,20,24H,1-5H3. The van der Waals surface area contributed by atoms with E-state index in [-0.39, 0.29) is 5.69 Å². The Hall–Kier alpha value is -2.67. The van der Waals surface area contributed by atoms with Crippen LogP contribution in [0.25, 0.3) is 0 Å². The molecule has 1 aromatic rings. The van der Waals surface area contributed by atoms with E-state index < -0.39 is 40.1 Å². The molecule has 1 atom stereocenters. The lowest BCUT2D eigenvalue weighted by molar-refractivity contribution is -0.160. The topological polar surface area (TPSA) is 104 Å². The van der Waals surface area contributed by atoms with Crippen LogP contribution < -0.4 is 4.90 Å². The molecule has 1 aliphatic rings. The second-order valence-electron chi connectivity index (χ2n) is 6.94. The fraction of sp³-hybridized carbons (Fsp3) is 0.389. The van der Waals surface area contributed by atoms with Crippen molar-refractivity contribution in [3.05, 3.63) is 41.2 Å². The normalized spacial score (nSPS) is 20.9. The van der Waals surface area contributed by atoms with E-state index in [0.29, 0.717) is 4.90 Å². The number of aryl methyl sites for hydroxylation is 1. The monoisotopic (exact) mass is 347 g/mol. The Morgan fingerprint density at radius 2 is 1.68 bits per heavy atom. The van der Waals surface area contributed by atoms with E-state index >= 15 is 0 Å². The maximum absolute atomic E-state index is 12.7. The van der Waals surface area contributed by atoms with Gasteiger partial charge in [-0.25, -0.2) is 4.79 Å². The third-order valence-corrected chi connectivity index (χ3v) is 3.99. The summed E-state index contributed by atoms with van der Waals surface area (Å²) in [6, 6.07) is 6.33. The molecule has 0 spiro atoms. The van der Waals surface area contributed by atoms with Gasteiger partial charge in [-0.05, 0) is 19.1 Å². The summed E-state index contributed by atoms with van der Waals surface area (Å²) in [6.07, 6.45) is 0. The molecule has 25 heavy (non-hydrogen) atoms. The predicted octanol–water partition coefficient (Wildman–Crippen LogP) is 1.63. The van der Waals surface area contributed by atoms with Gasteiger partial charge in [0.1, 0.15) is 5.57 Å². The van der Waals surface area contributed by atoms with Crippen LogP contribution in [-0.2, 0) is 19.1 Å². The predicted molar refractivity (Wildman–Crippen MR) is 89.7 cm³/mol. The molecule has 1 amide bonds. The Morgan fingerprint density at radius 3 is 2.12 bits per heavy atom. The maximum atomic E-state index is 12.7. The van der Waals surface area contributed by atoms with Crippen molar-refractivity contribution in [2.45, 2.75) is 33.4 Å². The largest absolute Gasteiger partial charge is 0.503 e. The molecule has 2 N–H and O–H groups in total. The Morgan fingerprint density at radius 1 is 1.16 bits per heavy atom. The molecule has 1 aromatic carbocycles. The van der Waals surface area contributed by atoms with Gasteiger partial charge in [-0.2, -0.15) is 0 Å². The van der Waals surface area contributed by atoms with Crippen LogP contribution in [0.4, 0.5) is 5.69 Å². The molecule has 1 unspecified atom stereocenters. The van der Waals surface area contributed by atoms with Crippen molar-refractivity contribution in [2.24, 2.45) is 5.41 Å². The van der Waals surface area contributed by atoms with Crippen LogP contribution in [0.5, 0.6) is 0 Å². The second kappa shape index (κ2) is 6.00. The number of methoxy groups -OCH3 is 1. The van der Waals surface area contributed by atoms with Crippen LogP contribution >= 0.6 is 0 Å². The Balaban J connectivity index is 2.72. The van der Waals surface area contributed by atoms with Crippen LogP contribution in [0.3, 0.4) is 0 Å². The first-order chi connectivity index (χ1) is 11.5. The van der Waals surface area contributed by atoms with Crippen molar-refractivity contribution in [1.82, 2.24) is 0 Å². The molecule has 0 aromatic heterocycles. The zero-order chi connectivity index (χ0) is 19.2. The molecule has 0 saturated carbocycles. The van der Waals surface area contributed by atoms with Gasteiger partial charge in [0.2, 0.25) is 0 Å². The summed E-state index contributed by atoms with van der Waals surface area (Å²) in [4.78, 5) is 38.3. The van der Waals surface area contributed by atoms with E-state index in [1.807, 2.05) is 6.92 Å². The van der Waals surface area contributed by atoms with Gasteiger partial charge in [-0.3, -0.25) is 14.5 Å². The first-order valence-electron chi connectivity index (χ1n) is 7.66. The molecule has 7 nitrogen and oxygen atoms in total. The SMILES string of the molecule is COC(=O)C1(O)C(C(=O)C(C)(C)C)=C(O)C(=O)N1c1ccc(C)cc1. The molecule has 1 heterocycles. The zero-order valence-corrected chi connectivity index (χ0v) is 14.8. The van der Waals surface area contributed by atoms with Crippen molar-refractivity contribution in [3.8, 4) is 0 Å². The van der Waals surface area contributed by atoms with Crippen molar-refractivity contribution < 1.29 is 29.3 Å². The number of carbonyl (C=O) groups is 3. The van der Waals surface area contributed by atoms with E-state index in [2.05, 4.69) is 4.74 Å². The third-order valence-electron chi connectivity index (χ3n) is 3.99. The summed E-state index contributed by atoms with van der Waals surface area (Å²) in [5.74, 6) is -3.99. The van der Waals surface area contributed by atoms with Crippen LogP contribution in [0.15, 0.2) is 35.6 Å². The Bertz CT molecular complexity index is 772. The summed E-state index contributed by atoms with van der Waals surface area (Å²) < 4.78 is 4.62. The van der Waals surface area contributed by atoms with Gasteiger partial charge in [-0.15, -0.1) is 0 Å². The highest BCUT2D eigenvalue weighted by atomic mass is 16.5. The highest BCUT2D eigenvalue weighted by Crippen LogP contribution is 2.41. The van der Waals surface area contributed by atoms with Crippen molar-refractivity contribution >= 4 is 23.3 Å². The van der Waals surface area contributed by atoms with Gasteiger partial charge in [-0.1, -0.05) is 38.5 Å².